The van der Waals surface area contributed by atoms with Gasteiger partial charge in [0, 0.05) is 25.9 Å². The molecule has 1 aromatic heterocycles. The second-order valence-corrected chi connectivity index (χ2v) is 4.19. The predicted molar refractivity (Wildman–Crippen MR) is 61.9 cm³/mol. The van der Waals surface area contributed by atoms with Gasteiger partial charge in [-0.25, -0.2) is 0 Å². The van der Waals surface area contributed by atoms with Gasteiger partial charge in [-0.3, -0.25) is 14.6 Å². The highest BCUT2D eigenvalue weighted by Gasteiger charge is 2.27. The van der Waals surface area contributed by atoms with Crippen molar-refractivity contribution in [1.29, 1.82) is 0 Å². The summed E-state index contributed by atoms with van der Waals surface area (Å²) in [6.45, 7) is 0.618. The van der Waals surface area contributed by atoms with E-state index in [0.29, 0.717) is 19.5 Å². The molecule has 0 N–H and O–H groups in total. The van der Waals surface area contributed by atoms with Crippen molar-refractivity contribution in [3.05, 3.63) is 30.1 Å². The molecule has 0 spiro atoms. The summed E-state index contributed by atoms with van der Waals surface area (Å²) >= 11 is 0. The maximum absolute atomic E-state index is 11.8. The lowest BCUT2D eigenvalue weighted by Crippen LogP contribution is -2.30. The minimum absolute atomic E-state index is 0.000252. The van der Waals surface area contributed by atoms with Crippen molar-refractivity contribution >= 4 is 11.8 Å². The number of pyridine rings is 1. The molecule has 2 heterocycles. The van der Waals surface area contributed by atoms with E-state index in [1.165, 1.54) is 0 Å². The summed E-state index contributed by atoms with van der Waals surface area (Å²) < 4.78 is 0. The summed E-state index contributed by atoms with van der Waals surface area (Å²) in [4.78, 5) is 30.3. The van der Waals surface area contributed by atoms with Crippen molar-refractivity contribution < 1.29 is 9.59 Å². The van der Waals surface area contributed by atoms with Crippen molar-refractivity contribution in [2.75, 3.05) is 20.3 Å². The number of hydrogen-bond donors (Lipinski definition) is 0. The summed E-state index contributed by atoms with van der Waals surface area (Å²) in [7, 11) is 1.71. The van der Waals surface area contributed by atoms with Crippen molar-refractivity contribution in [3.8, 4) is 0 Å². The number of hydrogen-bond acceptors (Lipinski definition) is 3. The normalized spacial score (nSPS) is 15.5. The van der Waals surface area contributed by atoms with E-state index >= 15 is 0 Å². The lowest BCUT2D eigenvalue weighted by Gasteiger charge is -2.14. The fourth-order valence-electron chi connectivity index (χ4n) is 1.79. The van der Waals surface area contributed by atoms with Crippen molar-refractivity contribution in [2.45, 2.75) is 12.8 Å². The number of carbonyl (C=O) groups excluding carboxylic acids is 2. The van der Waals surface area contributed by atoms with Gasteiger partial charge in [0.1, 0.15) is 6.54 Å². The summed E-state index contributed by atoms with van der Waals surface area (Å²) in [5.74, 6) is 0.0197. The van der Waals surface area contributed by atoms with E-state index in [1.54, 1.807) is 29.2 Å². The zero-order chi connectivity index (χ0) is 12.3. The first-order valence-corrected chi connectivity index (χ1v) is 5.57. The maximum Gasteiger partial charge on any atom is 0.243 e. The molecule has 2 amide bonds. The molecule has 1 saturated heterocycles. The van der Waals surface area contributed by atoms with Crippen LogP contribution in [0.4, 0.5) is 0 Å². The molecule has 5 heteroatoms. The van der Waals surface area contributed by atoms with Gasteiger partial charge in [-0.05, 0) is 18.1 Å². The number of aryl methyl sites for hydroxylation is 1. The average molecular weight is 233 g/mol. The predicted octanol–water partition coefficient (Wildman–Crippen LogP) is 0.272. The molecule has 1 aliphatic heterocycles. The van der Waals surface area contributed by atoms with Gasteiger partial charge >= 0.3 is 0 Å². The van der Waals surface area contributed by atoms with E-state index in [9.17, 15) is 9.59 Å². The van der Waals surface area contributed by atoms with E-state index in [2.05, 4.69) is 4.98 Å². The van der Waals surface area contributed by atoms with Crippen LogP contribution in [-0.2, 0) is 16.0 Å². The molecule has 5 nitrogen and oxygen atoms in total. The third kappa shape index (κ3) is 2.81. The summed E-state index contributed by atoms with van der Waals surface area (Å²) in [6.07, 6.45) is 4.56. The monoisotopic (exact) mass is 233 g/mol. The van der Waals surface area contributed by atoms with Crippen LogP contribution in [0.1, 0.15) is 12.0 Å². The minimum Gasteiger partial charge on any atom is -0.326 e. The molecule has 0 radical (unpaired) electrons. The van der Waals surface area contributed by atoms with Crippen LogP contribution < -0.4 is 0 Å². The highest BCUT2D eigenvalue weighted by molar-refractivity contribution is 5.87. The first-order chi connectivity index (χ1) is 8.16. The summed E-state index contributed by atoms with van der Waals surface area (Å²) in [5, 5.41) is 0. The Bertz CT molecular complexity index is 419. The van der Waals surface area contributed by atoms with E-state index in [-0.39, 0.29) is 18.4 Å². The van der Waals surface area contributed by atoms with Crippen LogP contribution in [0.15, 0.2) is 24.5 Å². The largest absolute Gasteiger partial charge is 0.326 e. The summed E-state index contributed by atoms with van der Waals surface area (Å²) in [5.41, 5.74) is 1.04. The SMILES string of the molecule is CN1CN(C(=O)CCc2cccnc2)CC1=O. The molecular formula is C12H15N3O2. The molecule has 0 atom stereocenters. The molecule has 0 unspecified atom stereocenters. The van der Waals surface area contributed by atoms with Crippen LogP contribution in [0.2, 0.25) is 0 Å². The highest BCUT2D eigenvalue weighted by atomic mass is 16.2. The second-order valence-electron chi connectivity index (χ2n) is 4.19. The number of carbonyl (C=O) groups is 2. The molecular weight excluding hydrogens is 218 g/mol. The molecule has 0 aliphatic carbocycles. The van der Waals surface area contributed by atoms with Crippen molar-refractivity contribution in [2.24, 2.45) is 0 Å². The van der Waals surface area contributed by atoms with Gasteiger partial charge < -0.3 is 9.80 Å². The zero-order valence-corrected chi connectivity index (χ0v) is 9.80. The first-order valence-electron chi connectivity index (χ1n) is 5.57. The Labute approximate surface area is 100 Å². The Morgan fingerprint density at radius 2 is 2.35 bits per heavy atom. The van der Waals surface area contributed by atoms with Gasteiger partial charge in [0.25, 0.3) is 0 Å². The minimum atomic E-state index is -0.000252. The first kappa shape index (κ1) is 11.6. The van der Waals surface area contributed by atoms with Crippen molar-refractivity contribution in [1.82, 2.24) is 14.8 Å². The molecule has 1 fully saturated rings. The van der Waals surface area contributed by atoms with E-state index in [0.717, 1.165) is 5.56 Å². The molecule has 1 aliphatic rings. The lowest BCUT2D eigenvalue weighted by atomic mass is 10.1. The quantitative estimate of drug-likeness (QED) is 0.753. The molecule has 90 valence electrons. The van der Waals surface area contributed by atoms with Crippen LogP contribution in [0.5, 0.6) is 0 Å². The molecule has 0 saturated carbocycles. The fraction of sp³-hybridized carbons (Fsp3) is 0.417. The van der Waals surface area contributed by atoms with Gasteiger partial charge in [0.05, 0.1) is 6.67 Å². The number of nitrogens with zero attached hydrogens (tertiary/aromatic N) is 3. The Balaban J connectivity index is 1.84. The van der Waals surface area contributed by atoms with Crippen molar-refractivity contribution in [3.63, 3.8) is 0 Å². The van der Waals surface area contributed by atoms with E-state index < -0.39 is 0 Å². The third-order valence-electron chi connectivity index (χ3n) is 2.84. The molecule has 0 bridgehead atoms. The zero-order valence-electron chi connectivity index (χ0n) is 9.80. The Hall–Kier alpha value is -1.91. The second kappa shape index (κ2) is 4.95. The smallest absolute Gasteiger partial charge is 0.243 e. The van der Waals surface area contributed by atoms with Crippen LogP contribution >= 0.6 is 0 Å². The van der Waals surface area contributed by atoms with Gasteiger partial charge in [-0.2, -0.15) is 0 Å². The Morgan fingerprint density at radius 3 is 2.94 bits per heavy atom. The number of amides is 2. The van der Waals surface area contributed by atoms with Crippen LogP contribution in [0.3, 0.4) is 0 Å². The van der Waals surface area contributed by atoms with E-state index in [1.807, 2.05) is 12.1 Å². The highest BCUT2D eigenvalue weighted by Crippen LogP contribution is 2.08. The number of aromatic nitrogens is 1. The standard InChI is InChI=1S/C12H15N3O2/c1-14-9-15(8-12(14)17)11(16)5-4-10-3-2-6-13-7-10/h2-3,6-7H,4-5,8-9H2,1H3. The molecule has 2 rings (SSSR count). The van der Waals surface area contributed by atoms with Crippen LogP contribution in [-0.4, -0.2) is 46.9 Å². The lowest BCUT2D eigenvalue weighted by molar-refractivity contribution is -0.131. The van der Waals surface area contributed by atoms with Gasteiger partial charge in [0.15, 0.2) is 0 Å². The van der Waals surface area contributed by atoms with Crippen LogP contribution in [0, 0.1) is 0 Å². The number of rotatable bonds is 3. The van der Waals surface area contributed by atoms with Gasteiger partial charge in [-0.1, -0.05) is 6.07 Å². The van der Waals surface area contributed by atoms with Gasteiger partial charge in [0.2, 0.25) is 11.8 Å². The topological polar surface area (TPSA) is 53.5 Å². The maximum atomic E-state index is 11.8. The van der Waals surface area contributed by atoms with Crippen LogP contribution in [0.25, 0.3) is 0 Å². The van der Waals surface area contributed by atoms with E-state index in [4.69, 9.17) is 0 Å². The number of likely N-dealkylation sites (N-methyl/N-ethyl adjacent to an activating group) is 1. The Morgan fingerprint density at radius 1 is 1.53 bits per heavy atom. The Kier molecular flexibility index (Phi) is 3.37. The molecule has 1 aromatic rings. The molecule has 0 aromatic carbocycles. The molecule has 17 heavy (non-hydrogen) atoms. The van der Waals surface area contributed by atoms with Gasteiger partial charge in [-0.15, -0.1) is 0 Å². The third-order valence-corrected chi connectivity index (χ3v) is 2.84. The average Bonchev–Trinajstić information content (AvgIpc) is 2.68. The fourth-order valence-corrected chi connectivity index (χ4v) is 1.79. The summed E-state index contributed by atoms with van der Waals surface area (Å²) in [6, 6.07) is 3.80.